The first-order valence-electron chi connectivity index (χ1n) is 24.4. The third kappa shape index (κ3) is 9.11. The van der Waals surface area contributed by atoms with Crippen molar-refractivity contribution in [3.05, 3.63) is 139 Å². The second-order valence-electron chi connectivity index (χ2n) is 19.4. The first-order valence-corrected chi connectivity index (χ1v) is 24.4. The van der Waals surface area contributed by atoms with Gasteiger partial charge in [-0.05, 0) is 87.8 Å². The van der Waals surface area contributed by atoms with Gasteiger partial charge in [-0.25, -0.2) is 0 Å². The van der Waals surface area contributed by atoms with E-state index in [0.29, 0.717) is 62.2 Å². The zero-order valence-electron chi connectivity index (χ0n) is 39.6. The zero-order valence-corrected chi connectivity index (χ0v) is 39.6. The average Bonchev–Trinajstić information content (AvgIpc) is 4.30. The summed E-state index contributed by atoms with van der Waals surface area (Å²) in [6.07, 6.45) is 12.0. The minimum absolute atomic E-state index is 0.0260. The van der Waals surface area contributed by atoms with Crippen LogP contribution in [0.25, 0.3) is 12.2 Å². The van der Waals surface area contributed by atoms with Gasteiger partial charge in [0, 0.05) is 110 Å². The van der Waals surface area contributed by atoms with Crippen LogP contribution in [0.4, 0.5) is 0 Å². The molecule has 6 heterocycles. The van der Waals surface area contributed by atoms with Crippen molar-refractivity contribution in [2.24, 2.45) is 35.5 Å². The van der Waals surface area contributed by atoms with Crippen LogP contribution in [0.15, 0.2) is 94.5 Å². The number of hydrogen-bond donors (Lipinski definition) is 4. The van der Waals surface area contributed by atoms with Gasteiger partial charge in [0.05, 0.1) is 38.1 Å². The molecular formula is C54H66N6O8. The Morgan fingerprint density at radius 1 is 0.618 bits per heavy atom. The maximum Gasteiger partial charge on any atom is 0.258 e. The van der Waals surface area contributed by atoms with Crippen LogP contribution in [-0.4, -0.2) is 93.6 Å². The summed E-state index contributed by atoms with van der Waals surface area (Å²) in [4.78, 5) is 58.2. The lowest BCUT2D eigenvalue weighted by atomic mass is 9.86. The minimum Gasteiger partial charge on any atom is -0.496 e. The number of nitrogens with zero attached hydrogens (tertiary/aromatic N) is 4. The molecule has 4 N–H and O–H groups in total. The predicted molar refractivity (Wildman–Crippen MR) is 261 cm³/mol. The zero-order chi connectivity index (χ0) is 47.6. The summed E-state index contributed by atoms with van der Waals surface area (Å²) in [6.45, 7) is 7.00. The van der Waals surface area contributed by atoms with Crippen molar-refractivity contribution in [3.63, 3.8) is 0 Å². The van der Waals surface area contributed by atoms with Gasteiger partial charge in [-0.3, -0.25) is 29.0 Å². The van der Waals surface area contributed by atoms with Gasteiger partial charge in [-0.15, -0.1) is 0 Å². The molecule has 0 spiro atoms. The smallest absolute Gasteiger partial charge is 0.258 e. The Bertz CT molecular complexity index is 2490. The molecule has 2 saturated heterocycles. The Balaban J connectivity index is 0.000000170. The third-order valence-electron chi connectivity index (χ3n) is 15.3. The SMILES string of the molecule is C/C=C/c1ccc2n(c1=O)C[C@H]1[C@H](CO)[C@@H](C(=O)NCC3CC3)[C@@H]2N1Cc1ccccc1OC.C/C=C\c1ccc2n(c1=O)C[C@H]1[C@H](CO)[C@@H](C(=O)NCC3CC3)[C@@H]2N1Cc1ccccc1OC. The lowest BCUT2D eigenvalue weighted by Gasteiger charge is -2.38. The fraction of sp³-hybridized carbons (Fsp3) is 0.481. The largest absolute Gasteiger partial charge is 0.496 e. The van der Waals surface area contributed by atoms with E-state index >= 15 is 0 Å². The van der Waals surface area contributed by atoms with Crippen LogP contribution >= 0.6 is 0 Å². The summed E-state index contributed by atoms with van der Waals surface area (Å²) in [6, 6.07) is 22.6. The van der Waals surface area contributed by atoms with Crippen molar-refractivity contribution in [2.45, 2.75) is 89.9 Å². The number of fused-ring (bicyclic) bond motifs is 8. The third-order valence-corrected chi connectivity index (χ3v) is 15.3. The lowest BCUT2D eigenvalue weighted by Crippen LogP contribution is -2.46. The van der Waals surface area contributed by atoms with Crippen LogP contribution in [0.2, 0.25) is 0 Å². The lowest BCUT2D eigenvalue weighted by molar-refractivity contribution is -0.128. The topological polar surface area (TPSA) is 168 Å². The fourth-order valence-corrected chi connectivity index (χ4v) is 11.6. The fourth-order valence-electron chi connectivity index (χ4n) is 11.6. The number of methoxy groups -OCH3 is 2. The van der Waals surface area contributed by atoms with Gasteiger partial charge in [0.2, 0.25) is 11.8 Å². The number of ether oxygens (including phenoxy) is 2. The molecule has 8 atom stereocenters. The molecule has 4 aliphatic heterocycles. The number of benzene rings is 2. The van der Waals surface area contributed by atoms with Crippen LogP contribution in [0, 0.1) is 35.5 Å². The number of aliphatic hydroxyl groups is 2. The molecule has 2 amide bonds. The molecule has 4 aromatic rings. The van der Waals surface area contributed by atoms with Crippen LogP contribution in [-0.2, 0) is 35.8 Å². The van der Waals surface area contributed by atoms with Crippen molar-refractivity contribution < 1.29 is 29.3 Å². The van der Waals surface area contributed by atoms with Gasteiger partial charge in [-0.1, -0.05) is 60.7 Å². The number of hydrogen-bond acceptors (Lipinski definition) is 10. The number of allylic oxidation sites excluding steroid dienone is 2. The Morgan fingerprint density at radius 3 is 1.37 bits per heavy atom. The molecule has 2 saturated carbocycles. The maximum absolute atomic E-state index is 13.5. The van der Waals surface area contributed by atoms with Gasteiger partial charge in [-0.2, -0.15) is 0 Å². The number of pyridine rings is 2. The summed E-state index contributed by atoms with van der Waals surface area (Å²) >= 11 is 0. The van der Waals surface area contributed by atoms with Crippen molar-refractivity contribution in [3.8, 4) is 11.5 Å². The van der Waals surface area contributed by atoms with Gasteiger partial charge in [0.1, 0.15) is 11.5 Å². The monoisotopic (exact) mass is 926 g/mol. The molecule has 360 valence electrons. The standard InChI is InChI=1S/2C27H33N3O4/c2*1-3-6-18-11-12-21-25-24(26(32)28-13-17-9-10-17)20(16-31)22(15-30(21)27(18)33)29(25)14-19-7-4-5-8-23(19)34-2/h2*3-8,11-12,17,20,22,24-25,31H,9-10,13-16H2,1-2H3,(H,28,32)/b6-3+;6-3-/t2*20-,22-,24+,25+/m00/s1. The van der Waals surface area contributed by atoms with E-state index in [1.54, 1.807) is 14.2 Å². The van der Waals surface area contributed by atoms with E-state index in [-0.39, 0.29) is 72.1 Å². The van der Waals surface area contributed by atoms with Crippen molar-refractivity contribution in [1.29, 1.82) is 0 Å². The number of para-hydroxylation sites is 2. The van der Waals surface area contributed by atoms with E-state index in [1.807, 2.05) is 120 Å². The highest BCUT2D eigenvalue weighted by molar-refractivity contribution is 5.81. The first kappa shape index (κ1) is 47.3. The van der Waals surface area contributed by atoms with E-state index in [1.165, 1.54) is 0 Å². The molecule has 4 fully saturated rings. The summed E-state index contributed by atoms with van der Waals surface area (Å²) in [5.74, 6) is 1.30. The first-order chi connectivity index (χ1) is 33.1. The van der Waals surface area contributed by atoms with Crippen molar-refractivity contribution in [1.82, 2.24) is 29.6 Å². The Hall–Kier alpha value is -5.80. The molecule has 0 radical (unpaired) electrons. The average molecular weight is 927 g/mol. The van der Waals surface area contributed by atoms with E-state index in [2.05, 4.69) is 20.4 Å². The maximum atomic E-state index is 13.5. The van der Waals surface area contributed by atoms with E-state index < -0.39 is 11.8 Å². The molecule has 0 unspecified atom stereocenters. The molecule has 14 nitrogen and oxygen atoms in total. The molecule has 6 aliphatic rings. The van der Waals surface area contributed by atoms with Gasteiger partial charge < -0.3 is 39.5 Å². The predicted octanol–water partition coefficient (Wildman–Crippen LogP) is 5.16. The molecule has 4 bridgehead atoms. The number of nitrogens with one attached hydrogen (secondary N) is 2. The highest BCUT2D eigenvalue weighted by atomic mass is 16.5. The molecule has 68 heavy (non-hydrogen) atoms. The van der Waals surface area contributed by atoms with E-state index in [4.69, 9.17) is 9.47 Å². The summed E-state index contributed by atoms with van der Waals surface area (Å²) in [5, 5.41) is 27.2. The Labute approximate surface area is 398 Å². The highest BCUT2D eigenvalue weighted by Gasteiger charge is 2.57. The minimum atomic E-state index is -0.427. The quantitative estimate of drug-likeness (QED) is 0.118. The second-order valence-corrected chi connectivity index (χ2v) is 19.4. The van der Waals surface area contributed by atoms with Crippen LogP contribution in [0.3, 0.4) is 0 Å². The number of aliphatic hydroxyl groups excluding tert-OH is 2. The Morgan fingerprint density at radius 2 is 1.01 bits per heavy atom. The molecule has 10 rings (SSSR count). The summed E-state index contributed by atoms with van der Waals surface area (Å²) < 4.78 is 14.8. The summed E-state index contributed by atoms with van der Waals surface area (Å²) in [7, 11) is 3.32. The number of amides is 2. The van der Waals surface area contributed by atoms with Crippen LogP contribution < -0.4 is 31.2 Å². The summed E-state index contributed by atoms with van der Waals surface area (Å²) in [5.41, 5.74) is 4.92. The molecule has 2 aromatic carbocycles. The van der Waals surface area contributed by atoms with E-state index in [9.17, 15) is 29.4 Å². The van der Waals surface area contributed by atoms with Crippen LogP contribution in [0.5, 0.6) is 11.5 Å². The molecule has 2 aliphatic carbocycles. The molecule has 2 aromatic heterocycles. The van der Waals surface area contributed by atoms with Crippen molar-refractivity contribution in [2.75, 3.05) is 40.5 Å². The van der Waals surface area contributed by atoms with Crippen LogP contribution in [0.1, 0.15) is 85.3 Å². The number of carbonyl (C=O) groups excluding carboxylic acids is 2. The number of rotatable bonds is 16. The van der Waals surface area contributed by atoms with E-state index in [0.717, 1.165) is 59.7 Å². The van der Waals surface area contributed by atoms with Crippen molar-refractivity contribution >= 4 is 24.0 Å². The highest BCUT2D eigenvalue weighted by Crippen LogP contribution is 2.51. The number of aromatic nitrogens is 2. The molecule has 14 heteroatoms. The molecular weight excluding hydrogens is 861 g/mol. The normalized spacial score (nSPS) is 26.0. The van der Waals surface area contributed by atoms with Gasteiger partial charge in [0.15, 0.2) is 0 Å². The number of carbonyl (C=O) groups is 2. The van der Waals surface area contributed by atoms with Gasteiger partial charge >= 0.3 is 0 Å². The Kier molecular flexibility index (Phi) is 14.2. The van der Waals surface area contributed by atoms with Gasteiger partial charge in [0.25, 0.3) is 11.1 Å². The second kappa shape index (κ2) is 20.4.